The van der Waals surface area contributed by atoms with Gasteiger partial charge in [-0.15, -0.1) is 0 Å². The summed E-state index contributed by atoms with van der Waals surface area (Å²) in [5, 5.41) is 10.8. The highest BCUT2D eigenvalue weighted by atomic mass is 32.2. The van der Waals surface area contributed by atoms with Crippen LogP contribution in [-0.4, -0.2) is 41.9 Å². The minimum atomic E-state index is -3.62. The van der Waals surface area contributed by atoms with Crippen LogP contribution in [0.4, 0.5) is 0 Å². The van der Waals surface area contributed by atoms with Crippen molar-refractivity contribution in [1.82, 2.24) is 9.29 Å². The van der Waals surface area contributed by atoms with Crippen LogP contribution in [0.1, 0.15) is 12.0 Å². The fourth-order valence-electron chi connectivity index (χ4n) is 2.74. The topological polar surface area (TPSA) is 96.5 Å². The van der Waals surface area contributed by atoms with E-state index in [1.165, 1.54) is 10.5 Å². The fraction of sp³-hybridized carbons (Fsp3) is 0.357. The quantitative estimate of drug-likeness (QED) is 0.862. The number of pyridine rings is 1. The zero-order valence-electron chi connectivity index (χ0n) is 11.7. The Bertz CT molecular complexity index is 804. The van der Waals surface area contributed by atoms with Crippen LogP contribution in [0.15, 0.2) is 29.3 Å². The van der Waals surface area contributed by atoms with Gasteiger partial charge in [-0.1, -0.05) is 6.07 Å². The van der Waals surface area contributed by atoms with E-state index in [9.17, 15) is 13.5 Å². The van der Waals surface area contributed by atoms with Crippen molar-refractivity contribution in [3.05, 3.63) is 30.0 Å². The van der Waals surface area contributed by atoms with Gasteiger partial charge in [-0.25, -0.2) is 13.4 Å². The Morgan fingerprint density at radius 3 is 2.86 bits per heavy atom. The molecule has 7 heteroatoms. The second kappa shape index (κ2) is 4.94. The maximum atomic E-state index is 12.8. The Morgan fingerprint density at radius 1 is 1.43 bits per heavy atom. The van der Waals surface area contributed by atoms with Crippen molar-refractivity contribution in [3.8, 4) is 5.88 Å². The summed E-state index contributed by atoms with van der Waals surface area (Å²) in [5.41, 5.74) is 6.52. The third-order valence-electron chi connectivity index (χ3n) is 3.85. The van der Waals surface area contributed by atoms with Gasteiger partial charge >= 0.3 is 0 Å². The SMILES string of the molecule is Cc1cnc(O)c2cccc(S(=O)(=O)N3CCC(N)C3)c12. The summed E-state index contributed by atoms with van der Waals surface area (Å²) in [6.45, 7) is 2.54. The Balaban J connectivity index is 2.23. The molecule has 0 bridgehead atoms. The first-order valence-electron chi connectivity index (χ1n) is 6.74. The lowest BCUT2D eigenvalue weighted by atomic mass is 10.1. The van der Waals surface area contributed by atoms with E-state index in [1.807, 2.05) is 0 Å². The zero-order valence-corrected chi connectivity index (χ0v) is 12.5. The van der Waals surface area contributed by atoms with Gasteiger partial charge in [-0.05, 0) is 31.0 Å². The molecule has 3 rings (SSSR count). The third-order valence-corrected chi connectivity index (χ3v) is 5.75. The molecule has 1 saturated heterocycles. The Morgan fingerprint density at radius 2 is 2.19 bits per heavy atom. The van der Waals surface area contributed by atoms with Gasteiger partial charge in [0.2, 0.25) is 15.9 Å². The number of aromatic hydroxyl groups is 1. The second-order valence-corrected chi connectivity index (χ2v) is 7.26. The van der Waals surface area contributed by atoms with Crippen molar-refractivity contribution < 1.29 is 13.5 Å². The highest BCUT2D eigenvalue weighted by Crippen LogP contribution is 2.32. The molecule has 0 radical (unpaired) electrons. The summed E-state index contributed by atoms with van der Waals surface area (Å²) in [5.74, 6) is -0.161. The molecule has 2 heterocycles. The fourth-order valence-corrected chi connectivity index (χ4v) is 4.53. The molecule has 0 saturated carbocycles. The van der Waals surface area contributed by atoms with Crippen LogP contribution in [0.5, 0.6) is 5.88 Å². The van der Waals surface area contributed by atoms with Gasteiger partial charge in [0.05, 0.1) is 4.90 Å². The highest BCUT2D eigenvalue weighted by Gasteiger charge is 2.32. The summed E-state index contributed by atoms with van der Waals surface area (Å²) in [7, 11) is -3.62. The van der Waals surface area contributed by atoms with Gasteiger partial charge in [0.15, 0.2) is 0 Å². The molecule has 0 spiro atoms. The van der Waals surface area contributed by atoms with Gasteiger partial charge in [-0.3, -0.25) is 0 Å². The lowest BCUT2D eigenvalue weighted by molar-refractivity contribution is 0.460. The minimum Gasteiger partial charge on any atom is -0.493 e. The van der Waals surface area contributed by atoms with E-state index in [0.717, 1.165) is 0 Å². The maximum absolute atomic E-state index is 12.8. The van der Waals surface area contributed by atoms with Crippen molar-refractivity contribution in [2.45, 2.75) is 24.3 Å². The van der Waals surface area contributed by atoms with Gasteiger partial charge in [0.1, 0.15) is 0 Å². The Hall–Kier alpha value is -1.70. The lowest BCUT2D eigenvalue weighted by Crippen LogP contribution is -2.32. The molecule has 1 aliphatic rings. The summed E-state index contributed by atoms with van der Waals surface area (Å²) in [4.78, 5) is 4.07. The minimum absolute atomic E-state index is 0.120. The van der Waals surface area contributed by atoms with E-state index >= 15 is 0 Å². The number of hydrogen-bond donors (Lipinski definition) is 2. The molecular formula is C14H17N3O3S. The van der Waals surface area contributed by atoms with E-state index in [0.29, 0.717) is 35.8 Å². The van der Waals surface area contributed by atoms with Crippen molar-refractivity contribution in [1.29, 1.82) is 0 Å². The molecule has 0 amide bonds. The van der Waals surface area contributed by atoms with Crippen molar-refractivity contribution in [2.24, 2.45) is 5.73 Å². The molecule has 112 valence electrons. The van der Waals surface area contributed by atoms with Gasteiger partial charge in [-0.2, -0.15) is 4.31 Å². The number of aromatic nitrogens is 1. The second-order valence-electron chi connectivity index (χ2n) is 5.36. The van der Waals surface area contributed by atoms with Crippen molar-refractivity contribution in [2.75, 3.05) is 13.1 Å². The average Bonchev–Trinajstić information content (AvgIpc) is 2.90. The number of sulfonamides is 1. The molecule has 1 atom stereocenters. The maximum Gasteiger partial charge on any atom is 0.243 e. The summed E-state index contributed by atoms with van der Waals surface area (Å²) >= 11 is 0. The van der Waals surface area contributed by atoms with Crippen molar-refractivity contribution in [3.63, 3.8) is 0 Å². The molecule has 1 aromatic carbocycles. The molecule has 21 heavy (non-hydrogen) atoms. The molecule has 1 aliphatic heterocycles. The van der Waals surface area contributed by atoms with Gasteiger partial charge in [0.25, 0.3) is 0 Å². The van der Waals surface area contributed by atoms with E-state index in [2.05, 4.69) is 4.98 Å². The summed E-state index contributed by atoms with van der Waals surface area (Å²) in [6.07, 6.45) is 2.14. The van der Waals surface area contributed by atoms with E-state index in [4.69, 9.17) is 5.73 Å². The van der Waals surface area contributed by atoms with Crippen molar-refractivity contribution >= 4 is 20.8 Å². The lowest BCUT2D eigenvalue weighted by Gasteiger charge is -2.18. The molecule has 1 unspecified atom stereocenters. The number of rotatable bonds is 2. The average molecular weight is 307 g/mol. The summed E-state index contributed by atoms with van der Waals surface area (Å²) in [6, 6.07) is 4.73. The van der Waals surface area contributed by atoms with Crippen LogP contribution in [-0.2, 0) is 10.0 Å². The molecular weight excluding hydrogens is 290 g/mol. The van der Waals surface area contributed by atoms with Crippen LogP contribution in [0.25, 0.3) is 10.8 Å². The molecule has 1 fully saturated rings. The number of aryl methyl sites for hydroxylation is 1. The first-order valence-corrected chi connectivity index (χ1v) is 8.18. The molecule has 6 nitrogen and oxygen atoms in total. The smallest absolute Gasteiger partial charge is 0.243 e. The predicted molar refractivity (Wildman–Crippen MR) is 79.5 cm³/mol. The molecule has 3 N–H and O–H groups in total. The molecule has 2 aromatic rings. The zero-order chi connectivity index (χ0) is 15.2. The van der Waals surface area contributed by atoms with E-state index in [-0.39, 0.29) is 16.8 Å². The molecule has 1 aromatic heterocycles. The first-order chi connectivity index (χ1) is 9.91. The molecule has 0 aliphatic carbocycles. The number of hydrogen-bond acceptors (Lipinski definition) is 5. The van der Waals surface area contributed by atoms with E-state index in [1.54, 1.807) is 25.1 Å². The number of benzene rings is 1. The van der Waals surface area contributed by atoms with Crippen LogP contribution in [0.2, 0.25) is 0 Å². The summed E-state index contributed by atoms with van der Waals surface area (Å²) < 4.78 is 27.1. The first kappa shape index (κ1) is 14.2. The number of nitrogens with two attached hydrogens (primary N) is 1. The standard InChI is InChI=1S/C14H17N3O3S/c1-9-7-16-14(18)11-3-2-4-12(13(9)11)21(19,20)17-6-5-10(15)8-17/h2-4,7,10H,5-6,8,15H2,1H3,(H,16,18). The van der Waals surface area contributed by atoms with Crippen LogP contribution in [0, 0.1) is 6.92 Å². The predicted octanol–water partition coefficient (Wildman–Crippen LogP) is 0.971. The third kappa shape index (κ3) is 2.27. The largest absolute Gasteiger partial charge is 0.493 e. The normalized spacial score (nSPS) is 20.2. The highest BCUT2D eigenvalue weighted by molar-refractivity contribution is 7.89. The van der Waals surface area contributed by atoms with E-state index < -0.39 is 10.0 Å². The monoisotopic (exact) mass is 307 g/mol. The Labute approximate surface area is 123 Å². The van der Waals surface area contributed by atoms with Crippen LogP contribution in [0.3, 0.4) is 0 Å². The van der Waals surface area contributed by atoms with Crippen LogP contribution < -0.4 is 5.73 Å². The van der Waals surface area contributed by atoms with Gasteiger partial charge < -0.3 is 10.8 Å². The van der Waals surface area contributed by atoms with Crippen LogP contribution >= 0.6 is 0 Å². The van der Waals surface area contributed by atoms with Gasteiger partial charge in [0, 0.05) is 36.1 Å². The Kier molecular flexibility index (Phi) is 3.35. The number of nitrogens with zero attached hydrogens (tertiary/aromatic N) is 2. The number of fused-ring (bicyclic) bond motifs is 1.